The molecule has 1 aromatic carbocycles. The Kier molecular flexibility index (Phi) is 7.22. The fourth-order valence-corrected chi connectivity index (χ4v) is 6.12. The predicted molar refractivity (Wildman–Crippen MR) is 116 cm³/mol. The van der Waals surface area contributed by atoms with Crippen molar-refractivity contribution in [1.29, 1.82) is 0 Å². The molecule has 0 radical (unpaired) electrons. The van der Waals surface area contributed by atoms with Gasteiger partial charge in [0.25, 0.3) is 5.91 Å². The van der Waals surface area contributed by atoms with Gasteiger partial charge in [0.1, 0.15) is 10.8 Å². The first-order valence-electron chi connectivity index (χ1n) is 10.4. The van der Waals surface area contributed by atoms with Gasteiger partial charge in [0.2, 0.25) is 0 Å². The molecule has 0 unspecified atom stereocenters. The molecule has 0 atom stereocenters. The van der Waals surface area contributed by atoms with Crippen LogP contribution in [0.4, 0.5) is 26.3 Å². The van der Waals surface area contributed by atoms with Gasteiger partial charge in [-0.2, -0.15) is 26.3 Å². The van der Waals surface area contributed by atoms with Crippen molar-refractivity contribution >= 4 is 27.3 Å². The number of alkyl halides is 6. The van der Waals surface area contributed by atoms with E-state index in [2.05, 4.69) is 4.98 Å². The molecule has 2 aromatic rings. The Morgan fingerprint density at radius 2 is 1.60 bits per heavy atom. The summed E-state index contributed by atoms with van der Waals surface area (Å²) in [5.74, 6) is -1.14. The molecule has 192 valence electrons. The zero-order valence-corrected chi connectivity index (χ0v) is 20.1. The van der Waals surface area contributed by atoms with Crippen LogP contribution in [0.25, 0.3) is 0 Å². The highest BCUT2D eigenvalue weighted by atomic mass is 35.5. The van der Waals surface area contributed by atoms with Gasteiger partial charge in [0.05, 0.1) is 20.8 Å². The molecule has 0 N–H and O–H groups in total. The third kappa shape index (κ3) is 5.42. The highest BCUT2D eigenvalue weighted by Crippen LogP contribution is 2.40. The Labute approximate surface area is 203 Å². The second-order valence-corrected chi connectivity index (χ2v) is 11.6. The van der Waals surface area contributed by atoms with Gasteiger partial charge in [-0.1, -0.05) is 17.7 Å². The van der Waals surface area contributed by atoms with Crippen molar-refractivity contribution in [2.45, 2.75) is 48.7 Å². The number of rotatable bonds is 4. The smallest absolute Gasteiger partial charge is 0.339 e. The average molecular weight is 543 g/mol. The Morgan fingerprint density at radius 3 is 2.11 bits per heavy atom. The molecule has 1 aliphatic rings. The highest BCUT2D eigenvalue weighted by molar-refractivity contribution is 7.92. The Bertz CT molecular complexity index is 1220. The van der Waals surface area contributed by atoms with Crippen LogP contribution in [0.2, 0.25) is 5.15 Å². The molecule has 5 nitrogen and oxygen atoms in total. The topological polar surface area (TPSA) is 67.3 Å². The van der Waals surface area contributed by atoms with Crippen molar-refractivity contribution in [3.63, 3.8) is 0 Å². The summed E-state index contributed by atoms with van der Waals surface area (Å²) in [7, 11) is -4.18. The third-order valence-corrected chi connectivity index (χ3v) is 9.18. The SMILES string of the molecule is CC(C)(C1CCN(C(=O)c2ccc(C(F)(F)F)nc2Cl)CC1)S(=O)(=O)c1cccc(C(F)(F)F)c1. The van der Waals surface area contributed by atoms with Gasteiger partial charge in [-0.25, -0.2) is 13.4 Å². The van der Waals surface area contributed by atoms with Crippen LogP contribution in [0.3, 0.4) is 0 Å². The zero-order chi connectivity index (χ0) is 26.4. The molecular formula is C22H21ClF6N2O3S. The number of hydrogen-bond acceptors (Lipinski definition) is 4. The van der Waals surface area contributed by atoms with Crippen molar-refractivity contribution in [3.05, 3.63) is 58.4 Å². The molecular weight excluding hydrogens is 522 g/mol. The van der Waals surface area contributed by atoms with Crippen LogP contribution < -0.4 is 0 Å². The summed E-state index contributed by atoms with van der Waals surface area (Å²) in [5.41, 5.74) is -2.52. The van der Waals surface area contributed by atoms with Crippen LogP contribution in [0.5, 0.6) is 0 Å². The van der Waals surface area contributed by atoms with Gasteiger partial charge in [0.15, 0.2) is 9.84 Å². The lowest BCUT2D eigenvalue weighted by atomic mass is 9.85. The van der Waals surface area contributed by atoms with Crippen molar-refractivity contribution < 1.29 is 39.6 Å². The van der Waals surface area contributed by atoms with Gasteiger partial charge in [-0.15, -0.1) is 0 Å². The lowest BCUT2D eigenvalue weighted by Gasteiger charge is -2.40. The van der Waals surface area contributed by atoms with E-state index in [9.17, 15) is 39.6 Å². The number of amides is 1. The first-order valence-corrected chi connectivity index (χ1v) is 12.3. The highest BCUT2D eigenvalue weighted by Gasteiger charge is 2.45. The molecule has 1 amide bonds. The number of carbonyl (C=O) groups is 1. The first kappa shape index (κ1) is 27.3. The number of benzene rings is 1. The van der Waals surface area contributed by atoms with E-state index in [-0.39, 0.29) is 31.5 Å². The molecule has 1 aliphatic heterocycles. The maximum atomic E-state index is 13.3. The monoisotopic (exact) mass is 542 g/mol. The van der Waals surface area contributed by atoms with Crippen molar-refractivity contribution in [1.82, 2.24) is 9.88 Å². The van der Waals surface area contributed by atoms with Gasteiger partial charge < -0.3 is 4.90 Å². The summed E-state index contributed by atoms with van der Waals surface area (Å²) in [6.07, 6.45) is -9.00. The molecule has 0 bridgehead atoms. The maximum absolute atomic E-state index is 13.3. The molecule has 0 spiro atoms. The van der Waals surface area contributed by atoms with Gasteiger partial charge >= 0.3 is 12.4 Å². The summed E-state index contributed by atoms with van der Waals surface area (Å²) < 4.78 is 103. The summed E-state index contributed by atoms with van der Waals surface area (Å²) in [4.78, 5) is 16.9. The minimum Gasteiger partial charge on any atom is -0.339 e. The van der Waals surface area contributed by atoms with Crippen molar-refractivity contribution in [2.24, 2.45) is 5.92 Å². The standard InChI is InChI=1S/C22H21ClF6N2O3S/c1-20(2,35(33,34)15-5-3-4-14(12-15)21(24,25)26)13-8-10-31(11-9-13)19(32)16-6-7-17(22(27,28)29)30-18(16)23/h3-7,12-13H,8-11H2,1-2H3. The lowest BCUT2D eigenvalue weighted by molar-refractivity contribution is -0.141. The van der Waals surface area contributed by atoms with Crippen molar-refractivity contribution in [2.75, 3.05) is 13.1 Å². The molecule has 0 saturated carbocycles. The van der Waals surface area contributed by atoms with Crippen LogP contribution in [0, 0.1) is 5.92 Å². The molecule has 1 fully saturated rings. The zero-order valence-electron chi connectivity index (χ0n) is 18.5. The molecule has 1 aromatic heterocycles. The van der Waals surface area contributed by atoms with E-state index >= 15 is 0 Å². The van der Waals surface area contributed by atoms with Crippen LogP contribution in [-0.2, 0) is 22.2 Å². The Balaban J connectivity index is 1.76. The predicted octanol–water partition coefficient (Wildman–Crippen LogP) is 5.88. The molecule has 35 heavy (non-hydrogen) atoms. The van der Waals surface area contributed by atoms with E-state index in [4.69, 9.17) is 11.6 Å². The second kappa shape index (κ2) is 9.27. The molecule has 2 heterocycles. The number of nitrogens with zero attached hydrogens (tertiary/aromatic N) is 2. The third-order valence-electron chi connectivity index (χ3n) is 6.30. The van der Waals surface area contributed by atoms with Gasteiger partial charge in [-0.05, 0) is 62.9 Å². The lowest BCUT2D eigenvalue weighted by Crippen LogP contribution is -2.47. The van der Waals surface area contributed by atoms with E-state index in [1.807, 2.05) is 0 Å². The first-order chi connectivity index (χ1) is 16.0. The Hall–Kier alpha value is -2.34. The van der Waals surface area contributed by atoms with E-state index in [0.717, 1.165) is 24.3 Å². The fraction of sp³-hybridized carbons (Fsp3) is 0.455. The fourth-order valence-electron chi connectivity index (χ4n) is 4.06. The summed E-state index contributed by atoms with van der Waals surface area (Å²) >= 11 is 5.81. The number of aromatic nitrogens is 1. The number of carbonyl (C=O) groups excluding carboxylic acids is 1. The van der Waals surface area contributed by atoms with E-state index in [1.54, 1.807) is 0 Å². The van der Waals surface area contributed by atoms with Gasteiger partial charge in [0, 0.05) is 13.1 Å². The number of hydrogen-bond donors (Lipinski definition) is 0. The molecule has 13 heteroatoms. The minimum absolute atomic E-state index is 0.0857. The average Bonchev–Trinajstić information content (AvgIpc) is 2.77. The quantitative estimate of drug-likeness (QED) is 0.358. The number of halogens is 7. The van der Waals surface area contributed by atoms with Crippen LogP contribution in [0.1, 0.15) is 48.3 Å². The molecule has 0 aliphatic carbocycles. The van der Waals surface area contributed by atoms with E-state index in [0.29, 0.717) is 12.1 Å². The normalized spacial score (nSPS) is 16.4. The largest absolute Gasteiger partial charge is 0.433 e. The number of sulfone groups is 1. The summed E-state index contributed by atoms with van der Waals surface area (Å²) in [5, 5.41) is -0.598. The van der Waals surface area contributed by atoms with Crippen LogP contribution >= 0.6 is 11.6 Å². The molecule has 3 rings (SSSR count). The number of piperidine rings is 1. The summed E-state index contributed by atoms with van der Waals surface area (Å²) in [6, 6.07) is 5.14. The van der Waals surface area contributed by atoms with Gasteiger partial charge in [-0.3, -0.25) is 4.79 Å². The maximum Gasteiger partial charge on any atom is 0.433 e. The summed E-state index contributed by atoms with van der Waals surface area (Å²) in [6.45, 7) is 3.04. The van der Waals surface area contributed by atoms with Crippen LogP contribution in [-0.4, -0.2) is 42.0 Å². The van der Waals surface area contributed by atoms with E-state index < -0.39 is 60.1 Å². The molecule has 1 saturated heterocycles. The van der Waals surface area contributed by atoms with Crippen molar-refractivity contribution in [3.8, 4) is 0 Å². The minimum atomic E-state index is -4.72. The number of pyridine rings is 1. The van der Waals surface area contributed by atoms with E-state index in [1.165, 1.54) is 18.7 Å². The number of likely N-dealkylation sites (tertiary alicyclic amines) is 1. The second-order valence-electron chi connectivity index (χ2n) is 8.73. The van der Waals surface area contributed by atoms with Crippen LogP contribution in [0.15, 0.2) is 41.3 Å². The Morgan fingerprint density at radius 1 is 1.00 bits per heavy atom.